The van der Waals surface area contributed by atoms with Gasteiger partial charge in [0.25, 0.3) is 0 Å². The number of amides is 1. The smallest absolute Gasteiger partial charge is 0.238 e. The largest absolute Gasteiger partial charge is 0.497 e. The zero-order valence-electron chi connectivity index (χ0n) is 10.6. The number of carbonyl (C=O) groups excluding carboxylic acids is 1. The van der Waals surface area contributed by atoms with Crippen LogP contribution in [0.2, 0.25) is 0 Å². The summed E-state index contributed by atoms with van der Waals surface area (Å²) in [5, 5.41) is 9.48. The minimum atomic E-state index is -0.117. The number of ether oxygens (including phenoxy) is 1. The van der Waals surface area contributed by atoms with Gasteiger partial charge < -0.3 is 19.9 Å². The summed E-state index contributed by atoms with van der Waals surface area (Å²) in [4.78, 5) is 11.6. The number of anilines is 1. The summed E-state index contributed by atoms with van der Waals surface area (Å²) in [5.41, 5.74) is 1.49. The van der Waals surface area contributed by atoms with Crippen molar-refractivity contribution in [1.29, 1.82) is 0 Å². The van der Waals surface area contributed by atoms with Crippen molar-refractivity contribution in [3.63, 3.8) is 0 Å². The summed E-state index contributed by atoms with van der Waals surface area (Å²) in [5.74, 6) is 0.635. The van der Waals surface area contributed by atoms with E-state index in [1.165, 1.54) is 6.26 Å². The van der Waals surface area contributed by atoms with Crippen molar-refractivity contribution in [2.45, 2.75) is 6.54 Å². The predicted octanol–water partition coefficient (Wildman–Crippen LogP) is 1.41. The average molecular weight is 261 g/mol. The van der Waals surface area contributed by atoms with Crippen LogP contribution in [0.1, 0.15) is 5.69 Å². The highest BCUT2D eigenvalue weighted by Gasteiger charge is 2.03. The van der Waals surface area contributed by atoms with E-state index in [4.69, 9.17) is 4.74 Å². The van der Waals surface area contributed by atoms with Crippen LogP contribution in [-0.4, -0.2) is 24.7 Å². The van der Waals surface area contributed by atoms with Crippen molar-refractivity contribution in [3.8, 4) is 5.75 Å². The molecule has 0 saturated carbocycles. The fourth-order valence-corrected chi connectivity index (χ4v) is 1.51. The van der Waals surface area contributed by atoms with E-state index in [1.54, 1.807) is 37.4 Å². The van der Waals surface area contributed by atoms with Gasteiger partial charge >= 0.3 is 0 Å². The third-order valence-corrected chi connectivity index (χ3v) is 2.46. The van der Waals surface area contributed by atoms with Crippen LogP contribution in [0.3, 0.4) is 0 Å². The highest BCUT2D eigenvalue weighted by atomic mass is 16.5. The molecule has 6 nitrogen and oxygen atoms in total. The molecule has 2 N–H and O–H groups in total. The van der Waals surface area contributed by atoms with Gasteiger partial charge in [-0.15, -0.1) is 0 Å². The zero-order chi connectivity index (χ0) is 13.5. The Morgan fingerprint density at radius 3 is 2.74 bits per heavy atom. The number of nitrogens with one attached hydrogen (secondary N) is 2. The number of hydrogen-bond acceptors (Lipinski definition) is 5. The van der Waals surface area contributed by atoms with E-state index in [2.05, 4.69) is 20.3 Å². The summed E-state index contributed by atoms with van der Waals surface area (Å²) >= 11 is 0. The Labute approximate surface area is 110 Å². The Morgan fingerprint density at radius 2 is 2.11 bits per heavy atom. The molecule has 1 amide bonds. The molecule has 1 aromatic carbocycles. The number of methoxy groups -OCH3 is 1. The van der Waals surface area contributed by atoms with Crippen LogP contribution in [-0.2, 0) is 11.3 Å². The minimum absolute atomic E-state index is 0.117. The van der Waals surface area contributed by atoms with Crippen LogP contribution < -0.4 is 15.4 Å². The molecule has 0 unspecified atom stereocenters. The minimum Gasteiger partial charge on any atom is -0.497 e. The molecule has 0 radical (unpaired) electrons. The second kappa shape index (κ2) is 6.55. The monoisotopic (exact) mass is 261 g/mol. The van der Waals surface area contributed by atoms with Crippen LogP contribution in [0.15, 0.2) is 41.1 Å². The molecule has 0 saturated heterocycles. The Balaban J connectivity index is 1.74. The Hall–Kier alpha value is -2.34. The van der Waals surface area contributed by atoms with Gasteiger partial charge in [0, 0.05) is 18.3 Å². The maximum Gasteiger partial charge on any atom is 0.238 e. The molecule has 0 atom stereocenters. The van der Waals surface area contributed by atoms with Crippen LogP contribution >= 0.6 is 0 Å². The number of hydrogen-bond donors (Lipinski definition) is 2. The third-order valence-electron chi connectivity index (χ3n) is 2.46. The fraction of sp³-hybridized carbons (Fsp3) is 0.231. The molecule has 0 bridgehead atoms. The van der Waals surface area contributed by atoms with Crippen molar-refractivity contribution >= 4 is 11.6 Å². The second-order valence-electron chi connectivity index (χ2n) is 3.87. The Bertz CT molecular complexity index is 508. The zero-order valence-corrected chi connectivity index (χ0v) is 10.6. The lowest BCUT2D eigenvalue weighted by atomic mass is 10.3. The van der Waals surface area contributed by atoms with Gasteiger partial charge in [-0.3, -0.25) is 4.79 Å². The van der Waals surface area contributed by atoms with Crippen molar-refractivity contribution in [3.05, 3.63) is 42.3 Å². The molecule has 1 heterocycles. The van der Waals surface area contributed by atoms with Gasteiger partial charge in [0.2, 0.25) is 5.91 Å². The summed E-state index contributed by atoms with van der Waals surface area (Å²) in [6, 6.07) is 8.90. The lowest BCUT2D eigenvalue weighted by molar-refractivity contribution is -0.115. The maximum atomic E-state index is 11.6. The highest BCUT2D eigenvalue weighted by Crippen LogP contribution is 2.14. The Kier molecular flexibility index (Phi) is 4.52. The molecule has 0 fully saturated rings. The van der Waals surface area contributed by atoms with Crippen LogP contribution in [0.5, 0.6) is 5.75 Å². The van der Waals surface area contributed by atoms with Crippen molar-refractivity contribution in [2.75, 3.05) is 19.0 Å². The van der Waals surface area contributed by atoms with E-state index in [1.807, 2.05) is 0 Å². The van der Waals surface area contributed by atoms with E-state index in [0.717, 1.165) is 17.1 Å². The van der Waals surface area contributed by atoms with Gasteiger partial charge in [0.1, 0.15) is 12.0 Å². The van der Waals surface area contributed by atoms with Crippen LogP contribution in [0.25, 0.3) is 0 Å². The average Bonchev–Trinajstić information content (AvgIpc) is 2.93. The van der Waals surface area contributed by atoms with E-state index in [0.29, 0.717) is 6.54 Å². The molecule has 1 aromatic heterocycles. The van der Waals surface area contributed by atoms with Crippen molar-refractivity contribution in [1.82, 2.24) is 10.5 Å². The first-order valence-corrected chi connectivity index (χ1v) is 5.82. The van der Waals surface area contributed by atoms with Crippen molar-refractivity contribution < 1.29 is 14.1 Å². The Morgan fingerprint density at radius 1 is 1.32 bits per heavy atom. The molecule has 6 heteroatoms. The molecule has 2 rings (SSSR count). The fourth-order valence-electron chi connectivity index (χ4n) is 1.51. The highest BCUT2D eigenvalue weighted by molar-refractivity contribution is 5.92. The number of aromatic nitrogens is 1. The summed E-state index contributed by atoms with van der Waals surface area (Å²) < 4.78 is 9.73. The normalized spacial score (nSPS) is 10.2. The van der Waals surface area contributed by atoms with Gasteiger partial charge in [-0.1, -0.05) is 5.16 Å². The molecule has 0 aliphatic heterocycles. The molecular weight excluding hydrogens is 246 g/mol. The first-order valence-electron chi connectivity index (χ1n) is 5.82. The first kappa shape index (κ1) is 13.1. The summed E-state index contributed by atoms with van der Waals surface area (Å²) in [6.45, 7) is 0.700. The quantitative estimate of drug-likeness (QED) is 0.822. The van der Waals surface area contributed by atoms with E-state index in [9.17, 15) is 4.79 Å². The SMILES string of the molecule is COc1ccc(NC(=O)CNCc2ccon2)cc1. The lowest BCUT2D eigenvalue weighted by Crippen LogP contribution is -2.27. The topological polar surface area (TPSA) is 76.4 Å². The maximum absolute atomic E-state index is 11.6. The molecule has 0 aliphatic carbocycles. The van der Waals surface area contributed by atoms with Crippen LogP contribution in [0, 0.1) is 0 Å². The third kappa shape index (κ3) is 4.11. The molecule has 2 aromatic rings. The molecular formula is C13H15N3O3. The van der Waals surface area contributed by atoms with Crippen molar-refractivity contribution in [2.24, 2.45) is 0 Å². The molecule has 100 valence electrons. The molecule has 19 heavy (non-hydrogen) atoms. The van der Waals surface area contributed by atoms with Gasteiger partial charge in [-0.25, -0.2) is 0 Å². The summed E-state index contributed by atoms with van der Waals surface area (Å²) in [7, 11) is 1.60. The van der Waals surface area contributed by atoms with Gasteiger partial charge in [0.05, 0.1) is 19.3 Å². The summed E-state index contributed by atoms with van der Waals surface area (Å²) in [6.07, 6.45) is 1.49. The van der Waals surface area contributed by atoms with Gasteiger partial charge in [-0.05, 0) is 24.3 Å². The molecule has 0 aliphatic rings. The van der Waals surface area contributed by atoms with Crippen LogP contribution in [0.4, 0.5) is 5.69 Å². The van der Waals surface area contributed by atoms with E-state index < -0.39 is 0 Å². The number of rotatable bonds is 6. The predicted molar refractivity (Wildman–Crippen MR) is 69.8 cm³/mol. The standard InChI is InChI=1S/C13H15N3O3/c1-18-12-4-2-10(3-5-12)15-13(17)9-14-8-11-6-7-19-16-11/h2-7,14H,8-9H2,1H3,(H,15,17). The van der Waals surface area contributed by atoms with E-state index in [-0.39, 0.29) is 12.5 Å². The second-order valence-corrected chi connectivity index (χ2v) is 3.87. The number of carbonyl (C=O) groups is 1. The van der Waals surface area contributed by atoms with Gasteiger partial charge in [-0.2, -0.15) is 0 Å². The molecule has 0 spiro atoms. The number of benzene rings is 1. The van der Waals surface area contributed by atoms with E-state index >= 15 is 0 Å². The first-order chi connectivity index (χ1) is 9.28. The van der Waals surface area contributed by atoms with Gasteiger partial charge in [0.15, 0.2) is 0 Å². The lowest BCUT2D eigenvalue weighted by Gasteiger charge is -2.06. The number of nitrogens with zero attached hydrogens (tertiary/aromatic N) is 1.